The first-order valence-electron chi connectivity index (χ1n) is 5.76. The van der Waals surface area contributed by atoms with Crippen molar-refractivity contribution < 1.29 is 0 Å². The third-order valence-electron chi connectivity index (χ3n) is 2.75. The van der Waals surface area contributed by atoms with Gasteiger partial charge in [-0.3, -0.25) is 0 Å². The van der Waals surface area contributed by atoms with Gasteiger partial charge in [-0.25, -0.2) is 0 Å². The molecule has 4 bridgehead atoms. The first-order valence-corrected chi connectivity index (χ1v) is 11.0. The molecule has 0 aromatic rings. The highest BCUT2D eigenvalue weighted by Gasteiger charge is 2.60. The van der Waals surface area contributed by atoms with E-state index in [-0.39, 0.29) is 0 Å². The lowest BCUT2D eigenvalue weighted by atomic mass is 10.4. The van der Waals surface area contributed by atoms with Gasteiger partial charge in [0.2, 0.25) is 0 Å². The van der Waals surface area contributed by atoms with E-state index in [0.29, 0.717) is 6.82 Å². The molecule has 0 nitrogen and oxygen atoms in total. The molecule has 92 valence electrons. The molecule has 0 amide bonds. The maximum atomic E-state index is 2.33. The van der Waals surface area contributed by atoms with Gasteiger partial charge < -0.3 is 0 Å². The minimum absolute atomic E-state index is 0.501. The van der Waals surface area contributed by atoms with Crippen LogP contribution in [0.5, 0.6) is 0 Å². The van der Waals surface area contributed by atoms with Crippen LogP contribution in [0.3, 0.4) is 0 Å². The van der Waals surface area contributed by atoms with Crippen LogP contribution in [0.1, 0.15) is 39.5 Å². The van der Waals surface area contributed by atoms with Crippen molar-refractivity contribution in [2.75, 3.05) is 0 Å². The Morgan fingerprint density at radius 1 is 0.812 bits per heavy atom. The third-order valence-corrected chi connectivity index (χ3v) is 14.2. The van der Waals surface area contributed by atoms with E-state index in [1.54, 1.807) is 0 Å². The molecule has 4 heterocycles. The average Bonchev–Trinajstić information content (AvgIpc) is 2.14. The molecule has 0 spiro atoms. The van der Waals surface area contributed by atoms with E-state index in [9.17, 15) is 0 Å². The number of thioether (sulfide) groups is 6. The van der Waals surface area contributed by atoms with Gasteiger partial charge in [0, 0.05) is 0 Å². The molecule has 6 heteroatoms. The molecular weight excluding hydrogens is 313 g/mol. The van der Waals surface area contributed by atoms with E-state index in [1.807, 2.05) is 0 Å². The average molecular weight is 329 g/mol. The van der Waals surface area contributed by atoms with Gasteiger partial charge in [0.05, 0.1) is 0 Å². The summed E-state index contributed by atoms with van der Waals surface area (Å²) in [6, 6.07) is 0. The number of hydrogen-bond acceptors (Lipinski definition) is 6. The van der Waals surface area contributed by atoms with E-state index in [1.165, 1.54) is 25.7 Å². The van der Waals surface area contributed by atoms with Gasteiger partial charge in [0.1, 0.15) is 14.7 Å². The Morgan fingerprint density at radius 3 is 1.62 bits per heavy atom. The molecule has 16 heavy (non-hydrogen) atoms. The minimum Gasteiger partial charge on any atom is -0.111 e. The van der Waals surface area contributed by atoms with Crippen molar-refractivity contribution in [3.05, 3.63) is 0 Å². The molecule has 0 aliphatic carbocycles. The molecule has 0 aromatic carbocycles. The van der Waals surface area contributed by atoms with Crippen LogP contribution in [-0.2, 0) is 0 Å². The van der Waals surface area contributed by atoms with Crippen LogP contribution in [0.25, 0.3) is 0 Å². The van der Waals surface area contributed by atoms with Crippen molar-refractivity contribution in [2.24, 2.45) is 0 Å². The third kappa shape index (κ3) is 2.28. The smallest absolute Gasteiger partial charge is 0.111 e. The zero-order chi connectivity index (χ0) is 11.2. The Kier molecular flexibility index (Phi) is 4.01. The Labute approximate surface area is 124 Å². The molecule has 0 unspecified atom stereocenters. The highest BCUT2D eigenvalue weighted by Crippen LogP contribution is 2.82. The lowest BCUT2D eigenvalue weighted by Crippen LogP contribution is -2.43. The van der Waals surface area contributed by atoms with Crippen molar-refractivity contribution in [2.45, 2.75) is 54.2 Å². The molecule has 4 rings (SSSR count). The van der Waals surface area contributed by atoms with Crippen LogP contribution < -0.4 is 0 Å². The summed E-state index contributed by atoms with van der Waals surface area (Å²) >= 11 is 13.5. The highest BCUT2D eigenvalue weighted by molar-refractivity contribution is 8.63. The van der Waals surface area contributed by atoms with Crippen molar-refractivity contribution in [1.29, 1.82) is 0 Å². The summed E-state index contributed by atoms with van der Waals surface area (Å²) in [7, 11) is 0. The molecule has 0 radical (unpaired) electrons. The summed E-state index contributed by atoms with van der Waals surface area (Å²) < 4.78 is 2.63. The molecule has 4 aliphatic heterocycles. The summed E-state index contributed by atoms with van der Waals surface area (Å²) in [4.78, 5) is 0. The van der Waals surface area contributed by atoms with Gasteiger partial charge in [0.15, 0.2) is 0 Å². The van der Waals surface area contributed by atoms with Crippen LogP contribution in [0, 0.1) is 0 Å². The van der Waals surface area contributed by atoms with Crippen LogP contribution >= 0.6 is 70.6 Å². The van der Waals surface area contributed by atoms with E-state index in [2.05, 4.69) is 84.4 Å². The molecule has 0 aromatic heterocycles. The van der Waals surface area contributed by atoms with Crippen molar-refractivity contribution in [1.82, 2.24) is 0 Å². The lowest BCUT2D eigenvalue weighted by Gasteiger charge is -2.58. The Balaban J connectivity index is 1.85. The Hall–Kier alpha value is 2.10. The van der Waals surface area contributed by atoms with E-state index in [0.717, 1.165) is 7.83 Å². The van der Waals surface area contributed by atoms with Gasteiger partial charge in [-0.05, 0) is 12.8 Å². The Morgan fingerprint density at radius 2 is 1.25 bits per heavy atom. The summed E-state index contributed by atoms with van der Waals surface area (Å²) in [5, 5.41) is 0. The largest absolute Gasteiger partial charge is 0.112 e. The SMILES string of the molecule is CCCC12SC3SC(S1)SC(CCC)(S3)S2. The zero-order valence-corrected chi connectivity index (χ0v) is 14.3. The van der Waals surface area contributed by atoms with Gasteiger partial charge in [-0.15, -0.1) is 70.6 Å². The zero-order valence-electron chi connectivity index (χ0n) is 9.43. The standard InChI is InChI=1S/C10H16S6/c1-3-5-9-12-7-11-8(13-9)15-10(14-7,16-9)6-4-2/h7-8H,3-6H2,1-2H3. The topological polar surface area (TPSA) is 0 Å². The van der Waals surface area contributed by atoms with Gasteiger partial charge >= 0.3 is 0 Å². The van der Waals surface area contributed by atoms with E-state index >= 15 is 0 Å². The second-order valence-corrected chi connectivity index (χ2v) is 15.9. The number of hydrogen-bond donors (Lipinski definition) is 0. The van der Waals surface area contributed by atoms with E-state index < -0.39 is 0 Å². The second-order valence-electron chi connectivity index (χ2n) is 4.15. The summed E-state index contributed by atoms with van der Waals surface area (Å²) in [5.74, 6) is 0. The van der Waals surface area contributed by atoms with Crippen LogP contribution in [-0.4, -0.2) is 14.7 Å². The fraction of sp³-hybridized carbons (Fsp3) is 1.00. The summed E-state index contributed by atoms with van der Waals surface area (Å²) in [6.45, 7) is 4.67. The molecule has 4 fully saturated rings. The molecule has 0 N–H and O–H groups in total. The predicted octanol–water partition coefficient (Wildman–Crippen LogP) is 5.90. The predicted molar refractivity (Wildman–Crippen MR) is 88.4 cm³/mol. The van der Waals surface area contributed by atoms with Gasteiger partial charge in [-0.2, -0.15) is 0 Å². The fourth-order valence-corrected chi connectivity index (χ4v) is 22.1. The van der Waals surface area contributed by atoms with Crippen molar-refractivity contribution in [3.63, 3.8) is 0 Å². The van der Waals surface area contributed by atoms with Crippen LogP contribution in [0.2, 0.25) is 0 Å². The second kappa shape index (κ2) is 4.89. The van der Waals surface area contributed by atoms with E-state index in [4.69, 9.17) is 0 Å². The molecular formula is C10H16S6. The first-order chi connectivity index (χ1) is 7.69. The molecule has 0 atom stereocenters. The maximum absolute atomic E-state index is 2.33. The molecule has 4 aliphatic rings. The molecule has 4 saturated heterocycles. The van der Waals surface area contributed by atoms with Gasteiger partial charge in [0.25, 0.3) is 0 Å². The number of rotatable bonds is 4. The molecule has 0 saturated carbocycles. The minimum atomic E-state index is 0.501. The first kappa shape index (κ1) is 13.1. The monoisotopic (exact) mass is 328 g/mol. The Bertz CT molecular complexity index is 242. The van der Waals surface area contributed by atoms with Crippen molar-refractivity contribution in [3.8, 4) is 0 Å². The summed E-state index contributed by atoms with van der Waals surface area (Å²) in [5.41, 5.74) is 0. The van der Waals surface area contributed by atoms with Crippen LogP contribution in [0.15, 0.2) is 0 Å². The van der Waals surface area contributed by atoms with Crippen LogP contribution in [0.4, 0.5) is 0 Å². The lowest BCUT2D eigenvalue weighted by molar-refractivity contribution is 0.809. The fourth-order valence-electron chi connectivity index (χ4n) is 2.18. The quantitative estimate of drug-likeness (QED) is 0.625. The maximum Gasteiger partial charge on any atom is 0.112 e. The van der Waals surface area contributed by atoms with Crippen molar-refractivity contribution >= 4 is 70.6 Å². The normalized spacial score (nSPS) is 49.9. The van der Waals surface area contributed by atoms with Gasteiger partial charge in [-0.1, -0.05) is 26.7 Å². The highest BCUT2D eigenvalue weighted by atomic mass is 32.4. The summed E-state index contributed by atoms with van der Waals surface area (Å²) in [6.07, 6.45) is 5.42.